The molecule has 154 valence electrons. The SMILES string of the molecule is Cc1ccc(C)c(S(=O)(=O)N(C)c2ccc(Oc3ncnc4c3cnn4C)cc2)c1. The van der Waals surface area contributed by atoms with Gasteiger partial charge < -0.3 is 4.74 Å². The molecule has 0 fully saturated rings. The van der Waals surface area contributed by atoms with Crippen molar-refractivity contribution >= 4 is 26.7 Å². The van der Waals surface area contributed by atoms with Crippen LogP contribution in [0, 0.1) is 13.8 Å². The van der Waals surface area contributed by atoms with Crippen molar-refractivity contribution in [1.82, 2.24) is 19.7 Å². The fraction of sp³-hybridized carbons (Fsp3) is 0.190. The van der Waals surface area contributed by atoms with Crippen LogP contribution in [0.3, 0.4) is 0 Å². The van der Waals surface area contributed by atoms with Gasteiger partial charge in [0.25, 0.3) is 10.0 Å². The Balaban J connectivity index is 1.60. The fourth-order valence-electron chi connectivity index (χ4n) is 3.13. The Morgan fingerprint density at radius 2 is 1.77 bits per heavy atom. The summed E-state index contributed by atoms with van der Waals surface area (Å²) in [6.07, 6.45) is 3.06. The first-order chi connectivity index (χ1) is 14.3. The van der Waals surface area contributed by atoms with E-state index in [4.69, 9.17) is 4.74 Å². The van der Waals surface area contributed by atoms with Gasteiger partial charge in [0.1, 0.15) is 17.5 Å². The van der Waals surface area contributed by atoms with Gasteiger partial charge >= 0.3 is 0 Å². The topological polar surface area (TPSA) is 90.2 Å². The van der Waals surface area contributed by atoms with Crippen molar-refractivity contribution in [2.24, 2.45) is 7.05 Å². The van der Waals surface area contributed by atoms with Crippen LogP contribution in [-0.2, 0) is 17.1 Å². The molecule has 0 unspecified atom stereocenters. The number of hydrogen-bond acceptors (Lipinski definition) is 6. The molecule has 0 aliphatic heterocycles. The number of fused-ring (bicyclic) bond motifs is 1. The van der Waals surface area contributed by atoms with Crippen molar-refractivity contribution in [3.63, 3.8) is 0 Å². The smallest absolute Gasteiger partial charge is 0.264 e. The molecule has 0 aliphatic carbocycles. The molecule has 0 aliphatic rings. The lowest BCUT2D eigenvalue weighted by molar-refractivity contribution is 0.468. The van der Waals surface area contributed by atoms with Crippen LogP contribution in [0.4, 0.5) is 5.69 Å². The van der Waals surface area contributed by atoms with Crippen molar-refractivity contribution < 1.29 is 13.2 Å². The summed E-state index contributed by atoms with van der Waals surface area (Å²) in [4.78, 5) is 8.66. The van der Waals surface area contributed by atoms with Crippen LogP contribution in [0.2, 0.25) is 0 Å². The zero-order chi connectivity index (χ0) is 21.5. The van der Waals surface area contributed by atoms with E-state index in [0.717, 1.165) is 5.56 Å². The van der Waals surface area contributed by atoms with Gasteiger partial charge in [-0.2, -0.15) is 5.10 Å². The number of benzene rings is 2. The maximum Gasteiger partial charge on any atom is 0.264 e. The van der Waals surface area contributed by atoms with E-state index in [2.05, 4.69) is 15.1 Å². The van der Waals surface area contributed by atoms with Crippen LogP contribution >= 0.6 is 0 Å². The van der Waals surface area contributed by atoms with E-state index in [1.54, 1.807) is 55.2 Å². The number of rotatable bonds is 5. The second-order valence-electron chi connectivity index (χ2n) is 7.02. The Bertz CT molecular complexity index is 1330. The average molecular weight is 423 g/mol. The zero-order valence-corrected chi connectivity index (χ0v) is 17.9. The largest absolute Gasteiger partial charge is 0.438 e. The lowest BCUT2D eigenvalue weighted by Crippen LogP contribution is -2.27. The molecule has 0 N–H and O–H groups in total. The molecule has 30 heavy (non-hydrogen) atoms. The number of hydrogen-bond donors (Lipinski definition) is 0. The van der Waals surface area contributed by atoms with Crippen molar-refractivity contribution in [1.29, 1.82) is 0 Å². The molecule has 9 heteroatoms. The first kappa shape index (κ1) is 19.8. The van der Waals surface area contributed by atoms with Crippen molar-refractivity contribution in [2.45, 2.75) is 18.7 Å². The summed E-state index contributed by atoms with van der Waals surface area (Å²) < 4.78 is 35.0. The second kappa shape index (κ2) is 7.42. The third-order valence-electron chi connectivity index (χ3n) is 4.89. The Morgan fingerprint density at radius 1 is 1.03 bits per heavy atom. The molecular weight excluding hydrogens is 402 g/mol. The fourth-order valence-corrected chi connectivity index (χ4v) is 4.63. The summed E-state index contributed by atoms with van der Waals surface area (Å²) in [6.45, 7) is 3.66. The quantitative estimate of drug-likeness (QED) is 0.487. The summed E-state index contributed by atoms with van der Waals surface area (Å²) in [6, 6.07) is 12.2. The van der Waals surface area contributed by atoms with Gasteiger partial charge in [0.15, 0.2) is 5.65 Å². The number of ether oxygens (including phenoxy) is 1. The van der Waals surface area contributed by atoms with Crippen molar-refractivity contribution in [3.8, 4) is 11.6 Å². The number of anilines is 1. The van der Waals surface area contributed by atoms with Gasteiger partial charge in [0.05, 0.1) is 16.8 Å². The third kappa shape index (κ3) is 3.48. The summed E-state index contributed by atoms with van der Waals surface area (Å²) in [5, 5.41) is 4.86. The Hall–Kier alpha value is -3.46. The molecule has 4 rings (SSSR count). The highest BCUT2D eigenvalue weighted by molar-refractivity contribution is 7.92. The highest BCUT2D eigenvalue weighted by atomic mass is 32.2. The first-order valence-electron chi connectivity index (χ1n) is 9.24. The number of aryl methyl sites for hydroxylation is 3. The molecule has 2 heterocycles. The molecule has 0 atom stereocenters. The Kier molecular flexibility index (Phi) is 4.90. The summed E-state index contributed by atoms with van der Waals surface area (Å²) in [5.41, 5.74) is 2.79. The van der Waals surface area contributed by atoms with E-state index >= 15 is 0 Å². The molecule has 4 aromatic rings. The van der Waals surface area contributed by atoms with Gasteiger partial charge in [-0.3, -0.25) is 8.99 Å². The minimum absolute atomic E-state index is 0.297. The van der Waals surface area contributed by atoms with E-state index in [1.807, 2.05) is 19.1 Å². The van der Waals surface area contributed by atoms with Crippen LogP contribution in [0.5, 0.6) is 11.6 Å². The van der Waals surface area contributed by atoms with Gasteiger partial charge in [-0.15, -0.1) is 0 Å². The first-order valence-corrected chi connectivity index (χ1v) is 10.7. The number of nitrogens with zero attached hydrogens (tertiary/aromatic N) is 5. The standard InChI is InChI=1S/C21H21N5O3S/c1-14-5-6-15(2)19(11-14)30(27,28)26(4)16-7-9-17(10-8-16)29-21-18-12-24-25(3)20(18)22-13-23-21/h5-13H,1-4H3. The minimum Gasteiger partial charge on any atom is -0.438 e. The molecule has 0 radical (unpaired) electrons. The van der Waals surface area contributed by atoms with Crippen LogP contribution in [0.15, 0.2) is 59.9 Å². The maximum atomic E-state index is 13.1. The monoisotopic (exact) mass is 423 g/mol. The van der Waals surface area contributed by atoms with E-state index in [-0.39, 0.29) is 0 Å². The molecule has 2 aromatic heterocycles. The third-order valence-corrected chi connectivity index (χ3v) is 6.82. The summed E-state index contributed by atoms with van der Waals surface area (Å²) in [7, 11) is -0.352. The van der Waals surface area contributed by atoms with Gasteiger partial charge in [0, 0.05) is 14.1 Å². The van der Waals surface area contributed by atoms with Crippen LogP contribution in [-0.4, -0.2) is 35.2 Å². The van der Waals surface area contributed by atoms with Crippen LogP contribution < -0.4 is 9.04 Å². The van der Waals surface area contributed by atoms with Crippen molar-refractivity contribution in [3.05, 3.63) is 66.1 Å². The van der Waals surface area contributed by atoms with E-state index in [1.165, 1.54) is 17.7 Å². The molecular formula is C21H21N5O3S. The molecule has 0 amide bonds. The predicted octanol–water partition coefficient (Wildman–Crippen LogP) is 3.60. The molecule has 2 aromatic carbocycles. The predicted molar refractivity (Wildman–Crippen MR) is 114 cm³/mol. The van der Waals surface area contributed by atoms with Crippen LogP contribution in [0.1, 0.15) is 11.1 Å². The molecule has 8 nitrogen and oxygen atoms in total. The van der Waals surface area contributed by atoms with Crippen molar-refractivity contribution in [2.75, 3.05) is 11.4 Å². The molecule has 0 saturated heterocycles. The van der Waals surface area contributed by atoms with E-state index < -0.39 is 10.0 Å². The molecule has 0 bridgehead atoms. The normalized spacial score (nSPS) is 11.6. The highest BCUT2D eigenvalue weighted by Gasteiger charge is 2.23. The lowest BCUT2D eigenvalue weighted by Gasteiger charge is -2.21. The lowest BCUT2D eigenvalue weighted by atomic mass is 10.2. The zero-order valence-electron chi connectivity index (χ0n) is 17.1. The van der Waals surface area contributed by atoms with E-state index in [0.29, 0.717) is 38.8 Å². The summed E-state index contributed by atoms with van der Waals surface area (Å²) in [5.74, 6) is 0.914. The van der Waals surface area contributed by atoms with E-state index in [9.17, 15) is 8.42 Å². The van der Waals surface area contributed by atoms with Gasteiger partial charge in [-0.05, 0) is 55.3 Å². The number of sulfonamides is 1. The molecule has 0 spiro atoms. The minimum atomic E-state index is -3.68. The number of aromatic nitrogens is 4. The van der Waals surface area contributed by atoms with Gasteiger partial charge in [0.2, 0.25) is 5.88 Å². The van der Waals surface area contributed by atoms with Crippen LogP contribution in [0.25, 0.3) is 11.0 Å². The maximum absolute atomic E-state index is 13.1. The van der Waals surface area contributed by atoms with Gasteiger partial charge in [-0.1, -0.05) is 12.1 Å². The highest BCUT2D eigenvalue weighted by Crippen LogP contribution is 2.30. The summed E-state index contributed by atoms with van der Waals surface area (Å²) >= 11 is 0. The second-order valence-corrected chi connectivity index (χ2v) is 8.96. The molecule has 0 saturated carbocycles. The average Bonchev–Trinajstić information content (AvgIpc) is 3.12. The Morgan fingerprint density at radius 3 is 2.50 bits per heavy atom. The van der Waals surface area contributed by atoms with Gasteiger partial charge in [-0.25, -0.2) is 18.4 Å². The Labute approximate surface area is 174 Å².